The molecule has 0 aliphatic rings. The van der Waals surface area contributed by atoms with E-state index in [4.69, 9.17) is 4.98 Å². The Morgan fingerprint density at radius 3 is 2.42 bits per heavy atom. The summed E-state index contributed by atoms with van der Waals surface area (Å²) in [5, 5.41) is 4.14. The quantitative estimate of drug-likeness (QED) is 0.577. The first-order chi connectivity index (χ1) is 12.7. The summed E-state index contributed by atoms with van der Waals surface area (Å²) in [7, 11) is 1.85. The van der Waals surface area contributed by atoms with Gasteiger partial charge in [-0.15, -0.1) is 0 Å². The van der Waals surface area contributed by atoms with Crippen molar-refractivity contribution in [1.82, 2.24) is 15.0 Å². The molecule has 0 saturated carbocycles. The van der Waals surface area contributed by atoms with Crippen molar-refractivity contribution in [3.63, 3.8) is 0 Å². The van der Waals surface area contributed by atoms with Gasteiger partial charge in [-0.05, 0) is 53.9 Å². The minimum absolute atomic E-state index is 0.243. The summed E-state index contributed by atoms with van der Waals surface area (Å²) in [5.74, 6) is 1.15. The van der Waals surface area contributed by atoms with E-state index in [0.29, 0.717) is 5.82 Å². The Kier molecular flexibility index (Phi) is 4.05. The molecule has 0 atom stereocenters. The number of anilines is 1. The van der Waals surface area contributed by atoms with E-state index in [-0.39, 0.29) is 5.82 Å². The van der Waals surface area contributed by atoms with Crippen LogP contribution in [0.25, 0.3) is 33.4 Å². The van der Waals surface area contributed by atoms with Gasteiger partial charge in [-0.2, -0.15) is 0 Å². The Labute approximate surface area is 150 Å². The molecule has 0 fully saturated rings. The van der Waals surface area contributed by atoms with E-state index in [9.17, 15) is 4.39 Å². The number of hydrogen-bond donors (Lipinski definition) is 1. The van der Waals surface area contributed by atoms with Gasteiger partial charge in [0, 0.05) is 30.4 Å². The average molecular weight is 344 g/mol. The molecule has 128 valence electrons. The van der Waals surface area contributed by atoms with Gasteiger partial charge in [0.05, 0.1) is 5.52 Å². The van der Waals surface area contributed by atoms with Crippen molar-refractivity contribution < 1.29 is 4.39 Å². The van der Waals surface area contributed by atoms with Gasteiger partial charge in [0.15, 0.2) is 5.82 Å². The van der Waals surface area contributed by atoms with Crippen LogP contribution in [0.1, 0.15) is 5.56 Å². The number of nitrogens with one attached hydrogen (secondary N) is 1. The van der Waals surface area contributed by atoms with Gasteiger partial charge in [-0.1, -0.05) is 18.2 Å². The molecule has 5 heteroatoms. The lowest BCUT2D eigenvalue weighted by Crippen LogP contribution is -2.01. The third-order valence-electron chi connectivity index (χ3n) is 4.44. The van der Waals surface area contributed by atoms with Gasteiger partial charge in [-0.25, -0.2) is 14.4 Å². The highest BCUT2D eigenvalue weighted by Crippen LogP contribution is 2.33. The van der Waals surface area contributed by atoms with E-state index >= 15 is 0 Å². The fraction of sp³-hybridized carbons (Fsp3) is 0.0952. The zero-order valence-corrected chi connectivity index (χ0v) is 14.5. The number of hydrogen-bond acceptors (Lipinski definition) is 4. The largest absolute Gasteiger partial charge is 0.373 e. The maximum absolute atomic E-state index is 13.2. The van der Waals surface area contributed by atoms with E-state index < -0.39 is 0 Å². The molecule has 0 aliphatic carbocycles. The second-order valence-corrected chi connectivity index (χ2v) is 6.03. The molecule has 2 aromatic heterocycles. The van der Waals surface area contributed by atoms with Crippen LogP contribution in [-0.2, 0) is 0 Å². The number of halogens is 1. The lowest BCUT2D eigenvalue weighted by atomic mass is 9.97. The summed E-state index contributed by atoms with van der Waals surface area (Å²) >= 11 is 0. The van der Waals surface area contributed by atoms with Crippen LogP contribution < -0.4 is 5.32 Å². The Morgan fingerprint density at radius 2 is 1.73 bits per heavy atom. The van der Waals surface area contributed by atoms with Gasteiger partial charge < -0.3 is 5.32 Å². The Hall–Kier alpha value is -3.34. The zero-order chi connectivity index (χ0) is 18.1. The lowest BCUT2D eigenvalue weighted by molar-refractivity contribution is 0.628. The number of pyridine rings is 1. The molecule has 2 aromatic carbocycles. The molecule has 4 aromatic rings. The summed E-state index contributed by atoms with van der Waals surface area (Å²) < 4.78 is 13.2. The molecule has 2 heterocycles. The van der Waals surface area contributed by atoms with Crippen molar-refractivity contribution in [2.24, 2.45) is 0 Å². The van der Waals surface area contributed by atoms with Crippen LogP contribution in [0.15, 0.2) is 60.9 Å². The highest BCUT2D eigenvalue weighted by molar-refractivity contribution is 5.97. The first kappa shape index (κ1) is 16.1. The summed E-state index contributed by atoms with van der Waals surface area (Å²) in [6.07, 6.45) is 3.48. The van der Waals surface area contributed by atoms with Crippen molar-refractivity contribution in [2.75, 3.05) is 12.4 Å². The van der Waals surface area contributed by atoms with Crippen molar-refractivity contribution in [3.05, 3.63) is 72.3 Å². The maximum Gasteiger partial charge on any atom is 0.163 e. The van der Waals surface area contributed by atoms with Crippen LogP contribution >= 0.6 is 0 Å². The number of aryl methyl sites for hydroxylation is 1. The van der Waals surface area contributed by atoms with Crippen molar-refractivity contribution >= 4 is 16.7 Å². The predicted molar refractivity (Wildman–Crippen MR) is 102 cm³/mol. The minimum Gasteiger partial charge on any atom is -0.373 e. The zero-order valence-electron chi connectivity index (χ0n) is 14.5. The standard InChI is InChI=1S/C21H17FN4/c1-13-17(14-5-7-16(22)8-6-14)9-10-18-19(13)21(23-2)26-20(25-18)15-4-3-11-24-12-15/h3-12H,1-2H3,(H,23,25,26). The lowest BCUT2D eigenvalue weighted by Gasteiger charge is -2.14. The third kappa shape index (κ3) is 2.77. The summed E-state index contributed by atoms with van der Waals surface area (Å²) in [6.45, 7) is 2.04. The topological polar surface area (TPSA) is 50.7 Å². The van der Waals surface area contributed by atoms with Crippen molar-refractivity contribution in [3.8, 4) is 22.5 Å². The minimum atomic E-state index is -0.243. The van der Waals surface area contributed by atoms with E-state index in [1.54, 1.807) is 24.5 Å². The molecule has 0 unspecified atom stereocenters. The maximum atomic E-state index is 13.2. The molecule has 26 heavy (non-hydrogen) atoms. The Balaban J connectivity index is 1.93. The van der Waals surface area contributed by atoms with E-state index in [1.807, 2.05) is 38.2 Å². The van der Waals surface area contributed by atoms with Crippen LogP contribution in [0.3, 0.4) is 0 Å². The molecular weight excluding hydrogens is 327 g/mol. The van der Waals surface area contributed by atoms with Crippen molar-refractivity contribution in [2.45, 2.75) is 6.92 Å². The molecule has 4 nitrogen and oxygen atoms in total. The molecular formula is C21H17FN4. The number of rotatable bonds is 3. The van der Waals surface area contributed by atoms with Gasteiger partial charge in [0.2, 0.25) is 0 Å². The second-order valence-electron chi connectivity index (χ2n) is 6.03. The Bertz CT molecular complexity index is 1080. The number of aromatic nitrogens is 3. The smallest absolute Gasteiger partial charge is 0.163 e. The number of fused-ring (bicyclic) bond motifs is 1. The van der Waals surface area contributed by atoms with Gasteiger partial charge in [0.25, 0.3) is 0 Å². The summed E-state index contributed by atoms with van der Waals surface area (Å²) in [4.78, 5) is 13.5. The van der Waals surface area contributed by atoms with Crippen LogP contribution in [0.2, 0.25) is 0 Å². The van der Waals surface area contributed by atoms with Crippen LogP contribution in [0, 0.1) is 12.7 Å². The molecule has 0 saturated heterocycles. The molecule has 0 bridgehead atoms. The first-order valence-corrected chi connectivity index (χ1v) is 8.33. The Morgan fingerprint density at radius 1 is 0.923 bits per heavy atom. The highest BCUT2D eigenvalue weighted by Gasteiger charge is 2.14. The van der Waals surface area contributed by atoms with Crippen molar-refractivity contribution in [1.29, 1.82) is 0 Å². The third-order valence-corrected chi connectivity index (χ3v) is 4.44. The molecule has 4 rings (SSSR count). The highest BCUT2D eigenvalue weighted by atomic mass is 19.1. The molecule has 0 radical (unpaired) electrons. The van der Waals surface area contributed by atoms with E-state index in [2.05, 4.69) is 15.3 Å². The van der Waals surface area contributed by atoms with Gasteiger partial charge in [-0.3, -0.25) is 4.98 Å². The first-order valence-electron chi connectivity index (χ1n) is 8.33. The molecule has 1 N–H and O–H groups in total. The fourth-order valence-corrected chi connectivity index (χ4v) is 3.14. The second kappa shape index (κ2) is 6.52. The van der Waals surface area contributed by atoms with Gasteiger partial charge >= 0.3 is 0 Å². The molecule has 0 spiro atoms. The SMILES string of the molecule is CNc1nc(-c2cccnc2)nc2ccc(-c3ccc(F)cc3)c(C)c12. The van der Waals surface area contributed by atoms with Crippen LogP contribution in [0.5, 0.6) is 0 Å². The van der Waals surface area contributed by atoms with Crippen LogP contribution in [0.4, 0.5) is 10.2 Å². The fourth-order valence-electron chi connectivity index (χ4n) is 3.14. The summed E-state index contributed by atoms with van der Waals surface area (Å²) in [6, 6.07) is 14.3. The summed E-state index contributed by atoms with van der Waals surface area (Å²) in [5.41, 5.74) is 4.77. The molecule has 0 aliphatic heterocycles. The monoisotopic (exact) mass is 344 g/mol. The normalized spacial score (nSPS) is 10.9. The number of benzene rings is 2. The average Bonchev–Trinajstić information content (AvgIpc) is 2.69. The van der Waals surface area contributed by atoms with Gasteiger partial charge in [0.1, 0.15) is 11.6 Å². The van der Waals surface area contributed by atoms with E-state index in [1.165, 1.54) is 12.1 Å². The van der Waals surface area contributed by atoms with Crippen LogP contribution in [-0.4, -0.2) is 22.0 Å². The molecule has 0 amide bonds. The number of nitrogens with zero attached hydrogens (tertiary/aromatic N) is 3. The van der Waals surface area contributed by atoms with E-state index in [0.717, 1.165) is 39.0 Å². The predicted octanol–water partition coefficient (Wildman–Crippen LogP) is 4.85.